The largest absolute Gasteiger partial charge is 0.463 e. The van der Waals surface area contributed by atoms with Crippen LogP contribution in [0.3, 0.4) is 0 Å². The molecule has 2 fully saturated rings. The van der Waals surface area contributed by atoms with Gasteiger partial charge in [-0.1, -0.05) is 52.7 Å². The van der Waals surface area contributed by atoms with E-state index in [-0.39, 0.29) is 47.3 Å². The van der Waals surface area contributed by atoms with Crippen LogP contribution in [0.4, 0.5) is 0 Å². The van der Waals surface area contributed by atoms with Crippen LogP contribution in [-0.4, -0.2) is 36.4 Å². The Morgan fingerprint density at radius 1 is 1.10 bits per heavy atom. The lowest BCUT2D eigenvalue weighted by Crippen LogP contribution is -2.58. The number of hydrogen-bond acceptors (Lipinski definition) is 5. The van der Waals surface area contributed by atoms with E-state index in [1.54, 1.807) is 5.57 Å². The topological polar surface area (TPSA) is 72.8 Å². The van der Waals surface area contributed by atoms with E-state index >= 15 is 0 Å². The molecule has 3 aliphatic rings. The van der Waals surface area contributed by atoms with Crippen molar-refractivity contribution in [1.29, 1.82) is 0 Å². The molecule has 0 amide bonds. The minimum absolute atomic E-state index is 0.0708. The predicted molar refractivity (Wildman–Crippen MR) is 116 cm³/mol. The van der Waals surface area contributed by atoms with Gasteiger partial charge in [-0.2, -0.15) is 0 Å². The van der Waals surface area contributed by atoms with Crippen molar-refractivity contribution < 1.29 is 24.2 Å². The number of fused-ring (bicyclic) bond motifs is 3. The van der Waals surface area contributed by atoms with Crippen LogP contribution >= 0.6 is 0 Å². The summed E-state index contributed by atoms with van der Waals surface area (Å²) in [5, 5.41) is 10.0. The highest BCUT2D eigenvalue weighted by Crippen LogP contribution is 2.68. The van der Waals surface area contributed by atoms with E-state index < -0.39 is 12.1 Å². The average Bonchev–Trinajstić information content (AvgIpc) is 2.65. The van der Waals surface area contributed by atoms with Gasteiger partial charge in [-0.25, -0.2) is 0 Å². The summed E-state index contributed by atoms with van der Waals surface area (Å²) in [7, 11) is 0. The van der Waals surface area contributed by atoms with Gasteiger partial charge in [0.05, 0.1) is 5.92 Å². The Hall–Kier alpha value is -1.36. The molecule has 30 heavy (non-hydrogen) atoms. The Morgan fingerprint density at radius 3 is 2.43 bits per heavy atom. The highest BCUT2D eigenvalue weighted by molar-refractivity contribution is 5.74. The Bertz CT molecular complexity index is 710. The number of esters is 2. The second-order valence-corrected chi connectivity index (χ2v) is 11.1. The lowest BCUT2D eigenvalue weighted by atomic mass is 9.40. The molecule has 5 heteroatoms. The number of carbonyl (C=O) groups excluding carboxylic acids is 2. The molecule has 170 valence electrons. The first kappa shape index (κ1) is 23.3. The van der Waals surface area contributed by atoms with E-state index in [4.69, 9.17) is 9.47 Å². The SMILES string of the molecule is CC(=O)OCC(O)COC(=O)[C@@H]1[C@@H](C)CC[C@@]2(C)[C@@H]3CCCC(C)(C)C3=CC[C@@]12C. The van der Waals surface area contributed by atoms with Crippen LogP contribution < -0.4 is 0 Å². The molecule has 0 aromatic rings. The first-order valence-corrected chi connectivity index (χ1v) is 11.6. The van der Waals surface area contributed by atoms with Crippen LogP contribution in [-0.2, 0) is 19.1 Å². The number of ether oxygens (including phenoxy) is 2. The van der Waals surface area contributed by atoms with Gasteiger partial charge in [-0.15, -0.1) is 0 Å². The maximum atomic E-state index is 13.3. The normalized spacial score (nSPS) is 38.5. The number of aliphatic hydroxyl groups excluding tert-OH is 1. The van der Waals surface area contributed by atoms with Gasteiger partial charge in [0.2, 0.25) is 0 Å². The fourth-order valence-electron chi connectivity index (χ4n) is 6.84. The molecule has 2 saturated carbocycles. The quantitative estimate of drug-likeness (QED) is 0.517. The summed E-state index contributed by atoms with van der Waals surface area (Å²) in [6, 6.07) is 0. The molecule has 0 aromatic heterocycles. The van der Waals surface area contributed by atoms with Gasteiger partial charge in [0.25, 0.3) is 0 Å². The molecule has 3 rings (SSSR count). The second-order valence-electron chi connectivity index (χ2n) is 11.1. The first-order valence-electron chi connectivity index (χ1n) is 11.6. The van der Waals surface area contributed by atoms with Crippen molar-refractivity contribution in [2.24, 2.45) is 34.0 Å². The average molecular weight is 421 g/mol. The summed E-state index contributed by atoms with van der Waals surface area (Å²) in [5.41, 5.74) is 1.76. The summed E-state index contributed by atoms with van der Waals surface area (Å²) >= 11 is 0. The van der Waals surface area contributed by atoms with Crippen LogP contribution in [0.25, 0.3) is 0 Å². The van der Waals surface area contributed by atoms with Crippen molar-refractivity contribution in [3.63, 3.8) is 0 Å². The minimum atomic E-state index is -0.993. The highest BCUT2D eigenvalue weighted by Gasteiger charge is 2.62. The van der Waals surface area contributed by atoms with Gasteiger partial charge in [0.1, 0.15) is 19.3 Å². The van der Waals surface area contributed by atoms with Crippen LogP contribution in [0.15, 0.2) is 11.6 Å². The Balaban J connectivity index is 1.81. The third kappa shape index (κ3) is 3.94. The van der Waals surface area contributed by atoms with E-state index in [2.05, 4.69) is 40.7 Å². The van der Waals surface area contributed by atoms with Crippen molar-refractivity contribution in [3.8, 4) is 0 Å². The Morgan fingerprint density at radius 2 is 1.77 bits per heavy atom. The smallest absolute Gasteiger partial charge is 0.309 e. The zero-order chi connectivity index (χ0) is 22.3. The molecule has 1 unspecified atom stereocenters. The summed E-state index contributed by atoms with van der Waals surface area (Å²) < 4.78 is 10.4. The van der Waals surface area contributed by atoms with Gasteiger partial charge in [0.15, 0.2) is 0 Å². The summed E-state index contributed by atoms with van der Waals surface area (Å²) in [6.07, 6.45) is 8.20. The Kier molecular flexibility index (Phi) is 6.44. The zero-order valence-electron chi connectivity index (χ0n) is 19.6. The Labute approximate surface area is 181 Å². The lowest BCUT2D eigenvalue weighted by Gasteiger charge is -2.63. The zero-order valence-corrected chi connectivity index (χ0v) is 19.6. The molecule has 0 spiro atoms. The molecule has 0 bridgehead atoms. The predicted octanol–water partition coefficient (Wildman–Crippen LogP) is 4.67. The van der Waals surface area contributed by atoms with Crippen molar-refractivity contribution in [3.05, 3.63) is 11.6 Å². The molecular formula is C25H40O5. The third-order valence-corrected chi connectivity index (χ3v) is 8.80. The van der Waals surface area contributed by atoms with E-state index in [0.29, 0.717) is 5.92 Å². The fourth-order valence-corrected chi connectivity index (χ4v) is 6.84. The van der Waals surface area contributed by atoms with Gasteiger partial charge >= 0.3 is 11.9 Å². The van der Waals surface area contributed by atoms with Crippen molar-refractivity contribution >= 4 is 11.9 Å². The molecule has 0 radical (unpaired) electrons. The maximum absolute atomic E-state index is 13.3. The number of hydrogen-bond donors (Lipinski definition) is 1. The standard InChI is InChI=1S/C25H40O5/c1-16-9-12-24(5)20-8-7-11-23(3,4)19(20)10-13-25(24,6)21(16)22(28)30-15-18(27)14-29-17(2)26/h10,16,18,20-21,27H,7-9,11-15H2,1-6H3/t16-,18?,20+,21-,24-,25-/m0/s1. The first-order chi connectivity index (χ1) is 13.9. The van der Waals surface area contributed by atoms with Crippen LogP contribution in [0.1, 0.15) is 80.1 Å². The molecule has 0 aromatic carbocycles. The minimum Gasteiger partial charge on any atom is -0.463 e. The molecule has 0 saturated heterocycles. The second kappa shape index (κ2) is 8.29. The molecule has 0 heterocycles. The monoisotopic (exact) mass is 420 g/mol. The van der Waals surface area contributed by atoms with Crippen molar-refractivity contribution in [2.45, 2.75) is 86.2 Å². The van der Waals surface area contributed by atoms with Crippen LogP contribution in [0.5, 0.6) is 0 Å². The van der Waals surface area contributed by atoms with Gasteiger partial charge in [-0.3, -0.25) is 9.59 Å². The van der Waals surface area contributed by atoms with E-state index in [1.807, 2.05) is 0 Å². The molecule has 0 aliphatic heterocycles. The molecular weight excluding hydrogens is 380 g/mol. The van der Waals surface area contributed by atoms with Crippen LogP contribution in [0, 0.1) is 34.0 Å². The maximum Gasteiger partial charge on any atom is 0.309 e. The van der Waals surface area contributed by atoms with E-state index in [1.165, 1.54) is 26.2 Å². The lowest BCUT2D eigenvalue weighted by molar-refractivity contribution is -0.178. The van der Waals surface area contributed by atoms with E-state index in [0.717, 1.165) is 19.3 Å². The van der Waals surface area contributed by atoms with E-state index in [9.17, 15) is 14.7 Å². The van der Waals surface area contributed by atoms with Gasteiger partial charge in [0, 0.05) is 6.92 Å². The third-order valence-electron chi connectivity index (χ3n) is 8.80. The number of aliphatic hydroxyl groups is 1. The number of carbonyl (C=O) groups is 2. The van der Waals surface area contributed by atoms with Gasteiger partial charge in [-0.05, 0) is 60.2 Å². The summed E-state index contributed by atoms with van der Waals surface area (Å²) in [4.78, 5) is 24.2. The number of rotatable bonds is 5. The molecule has 3 aliphatic carbocycles. The summed E-state index contributed by atoms with van der Waals surface area (Å²) in [5.74, 6) is -0.0976. The van der Waals surface area contributed by atoms with Crippen LogP contribution in [0.2, 0.25) is 0 Å². The highest BCUT2D eigenvalue weighted by atomic mass is 16.6. The fraction of sp³-hybridized carbons (Fsp3) is 0.840. The molecule has 5 nitrogen and oxygen atoms in total. The van der Waals surface area contributed by atoms with Crippen molar-refractivity contribution in [2.75, 3.05) is 13.2 Å². The molecule has 1 N–H and O–H groups in total. The van der Waals surface area contributed by atoms with Gasteiger partial charge < -0.3 is 14.6 Å². The van der Waals surface area contributed by atoms with Crippen molar-refractivity contribution in [1.82, 2.24) is 0 Å². The molecule has 6 atom stereocenters. The summed E-state index contributed by atoms with van der Waals surface area (Å²) in [6.45, 7) is 12.6. The number of allylic oxidation sites excluding steroid dienone is 2.